The molecule has 0 aliphatic heterocycles. The minimum atomic E-state index is -0.168. The van der Waals surface area contributed by atoms with Crippen LogP contribution in [0.5, 0.6) is 0 Å². The summed E-state index contributed by atoms with van der Waals surface area (Å²) in [4.78, 5) is 12.1. The molecule has 1 saturated carbocycles. The molecule has 0 spiro atoms. The molecule has 1 fully saturated rings. The minimum absolute atomic E-state index is 0.0423. The zero-order chi connectivity index (χ0) is 14.7. The first kappa shape index (κ1) is 14.1. The van der Waals surface area contributed by atoms with E-state index in [0.717, 1.165) is 22.9 Å². The van der Waals surface area contributed by atoms with Crippen LogP contribution < -0.4 is 5.32 Å². The highest BCUT2D eigenvalue weighted by atomic mass is 79.9. The number of hydrogen-bond donors (Lipinski definition) is 1. The topological polar surface area (TPSA) is 29.1 Å². The number of rotatable bonds is 4. The highest BCUT2D eigenvalue weighted by Crippen LogP contribution is 2.45. The van der Waals surface area contributed by atoms with Crippen LogP contribution in [0, 0.1) is 0 Å². The maximum Gasteiger partial charge on any atom is 0.244 e. The highest BCUT2D eigenvalue weighted by Gasteiger charge is 2.45. The summed E-state index contributed by atoms with van der Waals surface area (Å²) in [6.45, 7) is 0. The summed E-state index contributed by atoms with van der Waals surface area (Å²) in [6.07, 6.45) is 5.44. The number of nitrogens with one attached hydrogen (secondary N) is 1. The van der Waals surface area contributed by atoms with Crippen molar-refractivity contribution in [2.45, 2.75) is 18.4 Å². The lowest BCUT2D eigenvalue weighted by molar-refractivity contribution is -0.117. The Balaban J connectivity index is 1.67. The van der Waals surface area contributed by atoms with Gasteiger partial charge in [-0.15, -0.1) is 0 Å². The molecule has 1 amide bonds. The van der Waals surface area contributed by atoms with Crippen molar-refractivity contribution < 1.29 is 4.79 Å². The van der Waals surface area contributed by atoms with Crippen LogP contribution in [0.3, 0.4) is 0 Å². The Morgan fingerprint density at radius 1 is 1.05 bits per heavy atom. The molecular formula is C18H16BrNO. The Labute approximate surface area is 133 Å². The maximum absolute atomic E-state index is 12.1. The third-order valence-corrected chi connectivity index (χ3v) is 4.26. The third-order valence-electron chi connectivity index (χ3n) is 3.74. The SMILES string of the molecule is O=C(C=Cc1ccccc1)NC1(c2ccc(Br)cc2)CC1. The molecule has 2 nitrogen and oxygen atoms in total. The van der Waals surface area contributed by atoms with Gasteiger partial charge in [0.25, 0.3) is 0 Å². The van der Waals surface area contributed by atoms with E-state index in [0.29, 0.717) is 0 Å². The number of amides is 1. The van der Waals surface area contributed by atoms with Gasteiger partial charge in [-0.1, -0.05) is 58.4 Å². The van der Waals surface area contributed by atoms with E-state index in [2.05, 4.69) is 33.4 Å². The predicted octanol–water partition coefficient (Wildman–Crippen LogP) is 4.27. The Morgan fingerprint density at radius 3 is 2.33 bits per heavy atom. The predicted molar refractivity (Wildman–Crippen MR) is 88.7 cm³/mol. The molecule has 106 valence electrons. The molecule has 0 aromatic heterocycles. The molecule has 1 N–H and O–H groups in total. The van der Waals surface area contributed by atoms with E-state index in [4.69, 9.17) is 0 Å². The molecule has 1 aliphatic carbocycles. The number of hydrogen-bond acceptors (Lipinski definition) is 1. The summed E-state index contributed by atoms with van der Waals surface area (Å²) in [7, 11) is 0. The van der Waals surface area contributed by atoms with Crippen LogP contribution in [0.1, 0.15) is 24.0 Å². The van der Waals surface area contributed by atoms with Crippen LogP contribution in [0.15, 0.2) is 65.1 Å². The Morgan fingerprint density at radius 2 is 1.71 bits per heavy atom. The van der Waals surface area contributed by atoms with Gasteiger partial charge in [-0.2, -0.15) is 0 Å². The molecule has 0 heterocycles. The van der Waals surface area contributed by atoms with E-state index < -0.39 is 0 Å². The molecule has 21 heavy (non-hydrogen) atoms. The quantitative estimate of drug-likeness (QED) is 0.826. The van der Waals surface area contributed by atoms with Crippen molar-refractivity contribution in [2.24, 2.45) is 0 Å². The first-order valence-corrected chi connectivity index (χ1v) is 7.79. The fourth-order valence-corrected chi connectivity index (χ4v) is 2.66. The number of carbonyl (C=O) groups is 1. The van der Waals surface area contributed by atoms with Gasteiger partial charge in [0.15, 0.2) is 0 Å². The lowest BCUT2D eigenvalue weighted by Crippen LogP contribution is -2.33. The van der Waals surface area contributed by atoms with Crippen molar-refractivity contribution in [1.82, 2.24) is 5.32 Å². The van der Waals surface area contributed by atoms with Crippen molar-refractivity contribution >= 4 is 27.9 Å². The lowest BCUT2D eigenvalue weighted by Gasteiger charge is -2.16. The summed E-state index contributed by atoms with van der Waals surface area (Å²) in [5.41, 5.74) is 2.03. The van der Waals surface area contributed by atoms with Gasteiger partial charge in [0.05, 0.1) is 5.54 Å². The Bertz CT molecular complexity index is 657. The largest absolute Gasteiger partial charge is 0.343 e. The van der Waals surface area contributed by atoms with Gasteiger partial charge in [0, 0.05) is 10.5 Å². The summed E-state index contributed by atoms with van der Waals surface area (Å²) in [5.74, 6) is -0.0423. The van der Waals surface area contributed by atoms with E-state index in [1.54, 1.807) is 6.08 Å². The fraction of sp³-hybridized carbons (Fsp3) is 0.167. The van der Waals surface area contributed by atoms with Gasteiger partial charge >= 0.3 is 0 Å². The fourth-order valence-electron chi connectivity index (χ4n) is 2.39. The van der Waals surface area contributed by atoms with E-state index in [9.17, 15) is 4.79 Å². The molecule has 2 aromatic carbocycles. The zero-order valence-electron chi connectivity index (χ0n) is 11.6. The monoisotopic (exact) mass is 341 g/mol. The van der Waals surface area contributed by atoms with E-state index in [-0.39, 0.29) is 11.4 Å². The van der Waals surface area contributed by atoms with Crippen molar-refractivity contribution in [2.75, 3.05) is 0 Å². The molecule has 3 rings (SSSR count). The molecule has 3 heteroatoms. The molecule has 0 atom stereocenters. The summed E-state index contributed by atoms with van der Waals surface area (Å²) in [5, 5.41) is 3.13. The van der Waals surface area contributed by atoms with Gasteiger partial charge in [0.2, 0.25) is 5.91 Å². The van der Waals surface area contributed by atoms with Crippen LogP contribution in [0.2, 0.25) is 0 Å². The van der Waals surface area contributed by atoms with Crippen LogP contribution >= 0.6 is 15.9 Å². The normalized spacial score (nSPS) is 15.9. The van der Waals surface area contributed by atoms with Gasteiger partial charge in [-0.3, -0.25) is 4.79 Å². The van der Waals surface area contributed by atoms with Gasteiger partial charge in [-0.25, -0.2) is 0 Å². The number of carbonyl (C=O) groups excluding carboxylic acids is 1. The Hall–Kier alpha value is -1.87. The average molecular weight is 342 g/mol. The second-order valence-corrected chi connectivity index (χ2v) is 6.24. The van der Waals surface area contributed by atoms with Gasteiger partial charge < -0.3 is 5.32 Å². The van der Waals surface area contributed by atoms with E-state index in [1.165, 1.54) is 5.56 Å². The summed E-state index contributed by atoms with van der Waals surface area (Å²) < 4.78 is 1.05. The molecular weight excluding hydrogens is 326 g/mol. The number of halogens is 1. The van der Waals surface area contributed by atoms with Gasteiger partial charge in [-0.05, 0) is 42.2 Å². The first-order chi connectivity index (χ1) is 10.2. The summed E-state index contributed by atoms with van der Waals surface area (Å²) >= 11 is 3.44. The first-order valence-electron chi connectivity index (χ1n) is 6.99. The standard InChI is InChI=1S/C18H16BrNO/c19-16-9-7-15(8-10-16)18(12-13-18)20-17(21)11-6-14-4-2-1-3-5-14/h1-11H,12-13H2,(H,20,21). The van der Waals surface area contributed by atoms with Crippen molar-refractivity contribution in [3.63, 3.8) is 0 Å². The van der Waals surface area contributed by atoms with Crippen molar-refractivity contribution in [3.8, 4) is 0 Å². The average Bonchev–Trinajstić information content (AvgIpc) is 3.27. The van der Waals surface area contributed by atoms with Crippen LogP contribution in [-0.2, 0) is 10.3 Å². The molecule has 2 aromatic rings. The molecule has 1 aliphatic rings. The van der Waals surface area contributed by atoms with Gasteiger partial charge in [0.1, 0.15) is 0 Å². The van der Waals surface area contributed by atoms with Crippen molar-refractivity contribution in [1.29, 1.82) is 0 Å². The number of benzene rings is 2. The zero-order valence-corrected chi connectivity index (χ0v) is 13.1. The molecule has 0 saturated heterocycles. The Kier molecular flexibility index (Phi) is 3.93. The van der Waals surface area contributed by atoms with Crippen LogP contribution in [0.4, 0.5) is 0 Å². The molecule has 0 bridgehead atoms. The van der Waals surface area contributed by atoms with Crippen LogP contribution in [-0.4, -0.2) is 5.91 Å². The minimum Gasteiger partial charge on any atom is -0.343 e. The third kappa shape index (κ3) is 3.42. The smallest absolute Gasteiger partial charge is 0.244 e. The second kappa shape index (κ2) is 5.86. The lowest BCUT2D eigenvalue weighted by atomic mass is 10.1. The van der Waals surface area contributed by atoms with Crippen molar-refractivity contribution in [3.05, 3.63) is 76.3 Å². The maximum atomic E-state index is 12.1. The highest BCUT2D eigenvalue weighted by molar-refractivity contribution is 9.10. The summed E-state index contributed by atoms with van der Waals surface area (Å²) in [6, 6.07) is 18.0. The van der Waals surface area contributed by atoms with E-state index in [1.807, 2.05) is 48.5 Å². The van der Waals surface area contributed by atoms with Crippen LogP contribution in [0.25, 0.3) is 6.08 Å². The van der Waals surface area contributed by atoms with E-state index >= 15 is 0 Å². The molecule has 0 unspecified atom stereocenters. The second-order valence-electron chi connectivity index (χ2n) is 5.32. The molecule has 0 radical (unpaired) electrons.